The first-order chi connectivity index (χ1) is 7.24. The van der Waals surface area contributed by atoms with E-state index in [0.29, 0.717) is 5.76 Å². The molecule has 5 heteroatoms. The maximum Gasteiger partial charge on any atom is 0.284 e. The number of nitriles is 1. The van der Waals surface area contributed by atoms with Gasteiger partial charge < -0.3 is 14.6 Å². The third-order valence-corrected chi connectivity index (χ3v) is 1.40. The van der Waals surface area contributed by atoms with Gasteiger partial charge in [-0.3, -0.25) is 4.79 Å². The van der Waals surface area contributed by atoms with Crippen molar-refractivity contribution in [3.63, 3.8) is 0 Å². The highest BCUT2D eigenvalue weighted by Gasteiger charge is 1.98. The van der Waals surface area contributed by atoms with Gasteiger partial charge in [-0.1, -0.05) is 0 Å². The van der Waals surface area contributed by atoms with Gasteiger partial charge in [0.15, 0.2) is 5.76 Å². The highest BCUT2D eigenvalue weighted by Crippen LogP contribution is 1.96. The number of amides is 1. The molecule has 0 fully saturated rings. The number of carbonyl (C=O) groups is 1. The number of nitrogens with zero attached hydrogens (tertiary/aromatic N) is 1. The van der Waals surface area contributed by atoms with Crippen LogP contribution in [0.5, 0.6) is 0 Å². The molecule has 2 heterocycles. The number of primary amides is 1. The minimum atomic E-state index is -0.532. The largest absolute Gasteiger partial charge is 0.459 e. The molecule has 0 aliphatic carbocycles. The van der Waals surface area contributed by atoms with Crippen molar-refractivity contribution in [2.45, 2.75) is 0 Å². The maximum absolute atomic E-state index is 10.2. The quantitative estimate of drug-likeness (QED) is 0.762. The van der Waals surface area contributed by atoms with E-state index in [1.807, 2.05) is 6.07 Å². The lowest BCUT2D eigenvalue weighted by Gasteiger charge is -1.80. The van der Waals surface area contributed by atoms with Gasteiger partial charge in [-0.25, -0.2) is 0 Å². The van der Waals surface area contributed by atoms with E-state index < -0.39 is 5.91 Å². The van der Waals surface area contributed by atoms with Gasteiger partial charge in [0.05, 0.1) is 12.5 Å². The van der Waals surface area contributed by atoms with Gasteiger partial charge in [-0.15, -0.1) is 0 Å². The van der Waals surface area contributed by atoms with E-state index in [-0.39, 0.29) is 5.76 Å². The Morgan fingerprint density at radius 2 is 1.93 bits per heavy atom. The fraction of sp³-hybridized carbons (Fsp3) is 0. The average Bonchev–Trinajstić information content (AvgIpc) is 2.92. The summed E-state index contributed by atoms with van der Waals surface area (Å²) >= 11 is 0. The molecule has 0 bridgehead atoms. The zero-order chi connectivity index (χ0) is 11.1. The molecule has 0 aliphatic rings. The summed E-state index contributed by atoms with van der Waals surface area (Å²) < 4.78 is 9.24. The van der Waals surface area contributed by atoms with Crippen LogP contribution in [0.3, 0.4) is 0 Å². The van der Waals surface area contributed by atoms with E-state index in [1.165, 1.54) is 18.6 Å². The highest BCUT2D eigenvalue weighted by molar-refractivity contribution is 5.89. The van der Waals surface area contributed by atoms with Crippen LogP contribution in [0.2, 0.25) is 0 Å². The van der Waals surface area contributed by atoms with Gasteiger partial charge in [0.25, 0.3) is 5.91 Å². The molecule has 5 nitrogen and oxygen atoms in total. The van der Waals surface area contributed by atoms with E-state index >= 15 is 0 Å². The summed E-state index contributed by atoms with van der Waals surface area (Å²) in [6, 6.07) is 8.26. The van der Waals surface area contributed by atoms with E-state index in [0.717, 1.165) is 0 Å². The zero-order valence-electron chi connectivity index (χ0n) is 7.71. The summed E-state index contributed by atoms with van der Waals surface area (Å²) in [6.07, 6.45) is 2.87. The topological polar surface area (TPSA) is 93.2 Å². The molecule has 0 radical (unpaired) electrons. The second-order valence-corrected chi connectivity index (χ2v) is 2.43. The predicted octanol–water partition coefficient (Wildman–Crippen LogP) is 1.53. The second kappa shape index (κ2) is 5.29. The first-order valence-corrected chi connectivity index (χ1v) is 4.01. The van der Waals surface area contributed by atoms with Crippen LogP contribution in [0.25, 0.3) is 0 Å². The Balaban J connectivity index is 0.000000151. The highest BCUT2D eigenvalue weighted by atomic mass is 16.3. The summed E-state index contributed by atoms with van der Waals surface area (Å²) in [7, 11) is 0. The lowest BCUT2D eigenvalue weighted by molar-refractivity contribution is 0.0974. The number of hydrogen-bond acceptors (Lipinski definition) is 4. The van der Waals surface area contributed by atoms with Crippen LogP contribution in [0.1, 0.15) is 16.3 Å². The second-order valence-electron chi connectivity index (χ2n) is 2.43. The third-order valence-electron chi connectivity index (χ3n) is 1.40. The van der Waals surface area contributed by atoms with Gasteiger partial charge >= 0.3 is 0 Å². The molecule has 0 spiro atoms. The van der Waals surface area contributed by atoms with Gasteiger partial charge in [0.2, 0.25) is 5.76 Å². The minimum absolute atomic E-state index is 0.199. The fourth-order valence-corrected chi connectivity index (χ4v) is 0.761. The van der Waals surface area contributed by atoms with Crippen molar-refractivity contribution in [1.82, 2.24) is 0 Å². The first-order valence-electron chi connectivity index (χ1n) is 4.01. The number of carbonyl (C=O) groups excluding carboxylic acids is 1. The molecule has 0 unspecified atom stereocenters. The number of furan rings is 2. The number of rotatable bonds is 1. The third kappa shape index (κ3) is 3.40. The Kier molecular flexibility index (Phi) is 3.74. The smallest absolute Gasteiger partial charge is 0.284 e. The van der Waals surface area contributed by atoms with Crippen molar-refractivity contribution in [1.29, 1.82) is 5.26 Å². The predicted molar refractivity (Wildman–Crippen MR) is 50.6 cm³/mol. The molecule has 15 heavy (non-hydrogen) atoms. The fourth-order valence-electron chi connectivity index (χ4n) is 0.761. The Labute approximate surface area is 85.7 Å². The molecule has 76 valence electrons. The first kappa shape index (κ1) is 10.6. The molecule has 0 aliphatic heterocycles. The average molecular weight is 204 g/mol. The SMILES string of the molecule is N#Cc1ccco1.NC(=O)c1ccco1. The Hall–Kier alpha value is -2.48. The van der Waals surface area contributed by atoms with Crippen LogP contribution in [-0.4, -0.2) is 5.91 Å². The lowest BCUT2D eigenvalue weighted by atomic mass is 10.4. The van der Waals surface area contributed by atoms with E-state index in [9.17, 15) is 4.79 Å². The van der Waals surface area contributed by atoms with Gasteiger partial charge in [-0.05, 0) is 24.3 Å². The summed E-state index contributed by atoms with van der Waals surface area (Å²) in [5.41, 5.74) is 4.83. The Bertz CT molecular complexity index is 437. The Morgan fingerprint density at radius 3 is 2.20 bits per heavy atom. The summed E-state index contributed by atoms with van der Waals surface area (Å²) in [4.78, 5) is 10.2. The molecule has 0 saturated heterocycles. The normalized spacial score (nSPS) is 8.47. The summed E-state index contributed by atoms with van der Waals surface area (Å²) in [5.74, 6) is 0.0278. The van der Waals surface area contributed by atoms with Crippen molar-refractivity contribution in [3.8, 4) is 6.07 Å². The minimum Gasteiger partial charge on any atom is -0.459 e. The molecule has 2 aromatic heterocycles. The molecule has 0 aromatic carbocycles. The van der Waals surface area contributed by atoms with Crippen LogP contribution in [-0.2, 0) is 0 Å². The van der Waals surface area contributed by atoms with Crippen molar-refractivity contribution >= 4 is 5.91 Å². The molecule has 1 amide bonds. The van der Waals surface area contributed by atoms with Crippen LogP contribution >= 0.6 is 0 Å². The van der Waals surface area contributed by atoms with Gasteiger partial charge in [0, 0.05) is 0 Å². The Morgan fingerprint density at radius 1 is 1.27 bits per heavy atom. The lowest BCUT2D eigenvalue weighted by Crippen LogP contribution is -2.08. The molecular weight excluding hydrogens is 196 g/mol. The van der Waals surface area contributed by atoms with Crippen molar-refractivity contribution in [3.05, 3.63) is 48.3 Å². The summed E-state index contributed by atoms with van der Waals surface area (Å²) in [6.45, 7) is 0. The molecule has 2 N–H and O–H groups in total. The van der Waals surface area contributed by atoms with Crippen LogP contribution in [0, 0.1) is 11.3 Å². The molecule has 2 aromatic rings. The number of hydrogen-bond donors (Lipinski definition) is 1. The monoisotopic (exact) mass is 204 g/mol. The van der Waals surface area contributed by atoms with E-state index in [2.05, 4.69) is 8.83 Å². The molecule has 0 atom stereocenters. The van der Waals surface area contributed by atoms with Crippen LogP contribution < -0.4 is 5.73 Å². The van der Waals surface area contributed by atoms with Crippen molar-refractivity contribution in [2.24, 2.45) is 5.73 Å². The molecule has 0 saturated carbocycles. The van der Waals surface area contributed by atoms with Crippen molar-refractivity contribution in [2.75, 3.05) is 0 Å². The van der Waals surface area contributed by atoms with E-state index in [4.69, 9.17) is 11.0 Å². The number of nitrogens with two attached hydrogens (primary N) is 1. The zero-order valence-corrected chi connectivity index (χ0v) is 7.71. The molecular formula is C10H8N2O3. The molecule has 2 rings (SSSR count). The maximum atomic E-state index is 10.2. The van der Waals surface area contributed by atoms with Gasteiger partial charge in [-0.2, -0.15) is 5.26 Å². The van der Waals surface area contributed by atoms with Gasteiger partial charge in [0.1, 0.15) is 6.07 Å². The van der Waals surface area contributed by atoms with E-state index in [1.54, 1.807) is 18.2 Å². The summed E-state index contributed by atoms with van der Waals surface area (Å²) in [5, 5.41) is 8.08. The standard InChI is InChI=1S/C5H5NO2.C5H3NO/c6-5(7)4-2-1-3-8-4;6-4-5-2-1-3-7-5/h1-3H,(H2,6,7);1-3H. The van der Waals surface area contributed by atoms with Crippen LogP contribution in [0.4, 0.5) is 0 Å². The van der Waals surface area contributed by atoms with Crippen molar-refractivity contribution < 1.29 is 13.6 Å². The van der Waals surface area contributed by atoms with Crippen LogP contribution in [0.15, 0.2) is 45.6 Å².